The lowest BCUT2D eigenvalue weighted by Gasteiger charge is -2.43. The van der Waals surface area contributed by atoms with Crippen LogP contribution in [0.4, 0.5) is 0 Å². The molecule has 3 N–H and O–H groups in total. The van der Waals surface area contributed by atoms with Crippen molar-refractivity contribution >= 4 is 11.9 Å². The number of pyridine rings is 1. The Morgan fingerprint density at radius 3 is 2.80 bits per heavy atom. The molecule has 2 aliphatic heterocycles. The van der Waals surface area contributed by atoms with Crippen molar-refractivity contribution in [1.29, 1.82) is 0 Å². The number of aliphatic carboxylic acids is 1. The first kappa shape index (κ1) is 13.1. The number of aromatic nitrogens is 1. The molecule has 6 nitrogen and oxygen atoms in total. The number of piperidine rings is 2. The van der Waals surface area contributed by atoms with Crippen molar-refractivity contribution in [2.24, 2.45) is 11.8 Å². The van der Waals surface area contributed by atoms with Gasteiger partial charge in [0.15, 0.2) is 0 Å². The summed E-state index contributed by atoms with van der Waals surface area (Å²) in [5.41, 5.74) is 1.09. The minimum atomic E-state index is -1.04. The van der Waals surface area contributed by atoms with Gasteiger partial charge in [0, 0.05) is 24.5 Å². The number of hydrogen-bond acceptors (Lipinski definition) is 4. The zero-order valence-electron chi connectivity index (χ0n) is 11.0. The topological polar surface area (TPSA) is 91.3 Å². The van der Waals surface area contributed by atoms with E-state index in [0.29, 0.717) is 6.42 Å². The van der Waals surface area contributed by atoms with Gasteiger partial charge in [-0.25, -0.2) is 0 Å². The lowest BCUT2D eigenvalue weighted by molar-refractivity contribution is -0.150. The fourth-order valence-electron chi connectivity index (χ4n) is 3.28. The number of amides is 1. The van der Waals surface area contributed by atoms with Gasteiger partial charge in [0.05, 0.1) is 0 Å². The van der Waals surface area contributed by atoms with Crippen LogP contribution in [0.2, 0.25) is 0 Å². The van der Waals surface area contributed by atoms with E-state index in [1.807, 2.05) is 12.1 Å². The molecular weight excluding hydrogens is 258 g/mol. The van der Waals surface area contributed by atoms with E-state index >= 15 is 0 Å². The van der Waals surface area contributed by atoms with Crippen molar-refractivity contribution < 1.29 is 14.7 Å². The molecule has 0 aliphatic carbocycles. The monoisotopic (exact) mass is 275 g/mol. The smallest absolute Gasteiger partial charge is 0.316 e. The van der Waals surface area contributed by atoms with Gasteiger partial charge in [-0.15, -0.1) is 0 Å². The Morgan fingerprint density at radius 1 is 1.35 bits per heavy atom. The van der Waals surface area contributed by atoms with E-state index < -0.39 is 11.9 Å². The first-order valence-electron chi connectivity index (χ1n) is 6.83. The van der Waals surface area contributed by atoms with Crippen molar-refractivity contribution in [1.82, 2.24) is 15.6 Å². The Hall–Kier alpha value is -1.95. The molecule has 1 aromatic rings. The molecule has 0 saturated carbocycles. The number of fused-ring (bicyclic) bond motifs is 1. The fourth-order valence-corrected chi connectivity index (χ4v) is 3.28. The molecule has 3 heterocycles. The Morgan fingerprint density at radius 2 is 2.10 bits per heavy atom. The normalized spacial score (nSPS) is 33.1. The van der Waals surface area contributed by atoms with Crippen LogP contribution >= 0.6 is 0 Å². The summed E-state index contributed by atoms with van der Waals surface area (Å²) in [6, 6.07) is 4.00. The maximum Gasteiger partial charge on any atom is 0.316 e. The SMILES string of the molecule is O=C(O)C1CC2C(CCNC2c2ccncc2)NC1=O. The number of hydrogen-bond donors (Lipinski definition) is 3. The quantitative estimate of drug-likeness (QED) is 0.676. The summed E-state index contributed by atoms with van der Waals surface area (Å²) in [7, 11) is 0. The van der Waals surface area contributed by atoms with Gasteiger partial charge in [0.2, 0.25) is 5.91 Å². The van der Waals surface area contributed by atoms with Crippen LogP contribution in [0.15, 0.2) is 24.5 Å². The molecule has 0 spiro atoms. The van der Waals surface area contributed by atoms with E-state index in [2.05, 4.69) is 15.6 Å². The van der Waals surface area contributed by atoms with Crippen molar-refractivity contribution in [2.75, 3.05) is 6.54 Å². The second kappa shape index (κ2) is 5.20. The Bertz CT molecular complexity index is 520. The standard InChI is InChI=1S/C14H17N3O3/c18-13-10(14(19)20)7-9-11(17-13)3-6-16-12(9)8-1-4-15-5-2-8/h1-2,4-5,9-12,16H,3,6-7H2,(H,17,18)(H,19,20). The first-order chi connectivity index (χ1) is 9.66. The maximum atomic E-state index is 11.8. The third-order valence-electron chi connectivity index (χ3n) is 4.28. The molecule has 2 aliphatic rings. The average Bonchev–Trinajstić information content (AvgIpc) is 2.46. The molecule has 0 bridgehead atoms. The van der Waals surface area contributed by atoms with Crippen LogP contribution in [0.3, 0.4) is 0 Å². The van der Waals surface area contributed by atoms with Crippen LogP contribution in [0, 0.1) is 11.8 Å². The highest BCUT2D eigenvalue weighted by Gasteiger charge is 2.44. The molecule has 1 amide bonds. The van der Waals surface area contributed by atoms with Gasteiger partial charge >= 0.3 is 5.97 Å². The van der Waals surface area contributed by atoms with E-state index in [1.165, 1.54) is 0 Å². The summed E-state index contributed by atoms with van der Waals surface area (Å²) in [6.07, 6.45) is 4.68. The molecule has 3 rings (SSSR count). The summed E-state index contributed by atoms with van der Waals surface area (Å²) < 4.78 is 0. The Balaban J connectivity index is 1.86. The largest absolute Gasteiger partial charge is 0.481 e. The number of nitrogens with one attached hydrogen (secondary N) is 2. The van der Waals surface area contributed by atoms with E-state index in [0.717, 1.165) is 18.5 Å². The van der Waals surface area contributed by atoms with Gasteiger partial charge in [-0.1, -0.05) is 0 Å². The van der Waals surface area contributed by atoms with Crippen LogP contribution in [0.25, 0.3) is 0 Å². The van der Waals surface area contributed by atoms with Gasteiger partial charge in [-0.05, 0) is 43.0 Å². The van der Waals surface area contributed by atoms with E-state index in [4.69, 9.17) is 5.11 Å². The molecule has 4 atom stereocenters. The van der Waals surface area contributed by atoms with E-state index in [1.54, 1.807) is 12.4 Å². The Kier molecular flexibility index (Phi) is 3.40. The highest BCUT2D eigenvalue weighted by atomic mass is 16.4. The van der Waals surface area contributed by atoms with E-state index in [9.17, 15) is 9.59 Å². The number of nitrogens with zero attached hydrogens (tertiary/aromatic N) is 1. The number of carboxylic acid groups (broad SMARTS) is 1. The minimum absolute atomic E-state index is 0.0533. The van der Waals surface area contributed by atoms with Crippen LogP contribution in [0.1, 0.15) is 24.4 Å². The highest BCUT2D eigenvalue weighted by Crippen LogP contribution is 2.36. The van der Waals surface area contributed by atoms with Crippen LogP contribution in [0.5, 0.6) is 0 Å². The highest BCUT2D eigenvalue weighted by molar-refractivity contribution is 5.97. The van der Waals surface area contributed by atoms with Crippen LogP contribution < -0.4 is 10.6 Å². The number of carbonyl (C=O) groups is 2. The molecule has 1 aromatic heterocycles. The van der Waals surface area contributed by atoms with Crippen LogP contribution in [-0.4, -0.2) is 34.6 Å². The molecule has 4 unspecified atom stereocenters. The van der Waals surface area contributed by atoms with Gasteiger partial charge < -0.3 is 15.7 Å². The van der Waals surface area contributed by atoms with Crippen molar-refractivity contribution in [3.8, 4) is 0 Å². The summed E-state index contributed by atoms with van der Waals surface area (Å²) >= 11 is 0. The van der Waals surface area contributed by atoms with Crippen molar-refractivity contribution in [2.45, 2.75) is 24.9 Å². The molecule has 2 fully saturated rings. The molecule has 106 valence electrons. The summed E-state index contributed by atoms with van der Waals surface area (Å²) in [6.45, 7) is 0.812. The third-order valence-corrected chi connectivity index (χ3v) is 4.28. The third kappa shape index (κ3) is 2.27. The Labute approximate surface area is 116 Å². The lowest BCUT2D eigenvalue weighted by Crippen LogP contribution is -2.58. The second-order valence-corrected chi connectivity index (χ2v) is 5.41. The van der Waals surface area contributed by atoms with Crippen molar-refractivity contribution in [3.63, 3.8) is 0 Å². The van der Waals surface area contributed by atoms with E-state index in [-0.39, 0.29) is 23.9 Å². The molecule has 2 saturated heterocycles. The fraction of sp³-hybridized carbons (Fsp3) is 0.500. The minimum Gasteiger partial charge on any atom is -0.481 e. The van der Waals surface area contributed by atoms with Gasteiger partial charge in [0.25, 0.3) is 0 Å². The lowest BCUT2D eigenvalue weighted by atomic mass is 9.74. The first-order valence-corrected chi connectivity index (χ1v) is 6.83. The zero-order chi connectivity index (χ0) is 14.1. The second-order valence-electron chi connectivity index (χ2n) is 5.41. The predicted octanol–water partition coefficient (Wildman–Crippen LogP) is 0.322. The number of carboxylic acids is 1. The molecule has 20 heavy (non-hydrogen) atoms. The molecular formula is C14H17N3O3. The predicted molar refractivity (Wildman–Crippen MR) is 70.8 cm³/mol. The summed E-state index contributed by atoms with van der Waals surface area (Å²) in [5.74, 6) is -2.24. The number of rotatable bonds is 2. The molecule has 0 radical (unpaired) electrons. The summed E-state index contributed by atoms with van der Waals surface area (Å²) in [4.78, 5) is 27.0. The maximum absolute atomic E-state index is 11.8. The summed E-state index contributed by atoms with van der Waals surface area (Å²) in [5, 5.41) is 15.5. The molecule has 0 aromatic carbocycles. The van der Waals surface area contributed by atoms with Crippen molar-refractivity contribution in [3.05, 3.63) is 30.1 Å². The number of carbonyl (C=O) groups excluding carboxylic acids is 1. The van der Waals surface area contributed by atoms with Gasteiger partial charge in [-0.2, -0.15) is 0 Å². The van der Waals surface area contributed by atoms with Crippen LogP contribution in [-0.2, 0) is 9.59 Å². The van der Waals surface area contributed by atoms with Gasteiger partial charge in [-0.3, -0.25) is 14.6 Å². The average molecular weight is 275 g/mol. The van der Waals surface area contributed by atoms with Gasteiger partial charge in [0.1, 0.15) is 5.92 Å². The zero-order valence-corrected chi connectivity index (χ0v) is 11.0. The molecule has 6 heteroatoms.